The van der Waals surface area contributed by atoms with Gasteiger partial charge in [-0.3, -0.25) is 4.79 Å². The summed E-state index contributed by atoms with van der Waals surface area (Å²) in [6.45, 7) is 1.89. The van der Waals surface area contributed by atoms with Crippen molar-refractivity contribution in [3.05, 3.63) is 39.9 Å². The van der Waals surface area contributed by atoms with E-state index in [2.05, 4.69) is 10.3 Å². The third kappa shape index (κ3) is 3.93. The van der Waals surface area contributed by atoms with Gasteiger partial charge in [0.25, 0.3) is 5.91 Å². The quantitative estimate of drug-likeness (QED) is 0.772. The lowest BCUT2D eigenvalue weighted by Gasteiger charge is -2.15. The van der Waals surface area contributed by atoms with Gasteiger partial charge in [-0.25, -0.2) is 4.98 Å². The number of aromatic nitrogens is 1. The number of hydrogen-bond donors (Lipinski definition) is 1. The highest BCUT2D eigenvalue weighted by molar-refractivity contribution is 7.17. The van der Waals surface area contributed by atoms with E-state index in [1.807, 2.05) is 31.2 Å². The van der Waals surface area contributed by atoms with Gasteiger partial charge in [0.1, 0.15) is 9.88 Å². The summed E-state index contributed by atoms with van der Waals surface area (Å²) in [5.41, 5.74) is 1.66. The predicted octanol–water partition coefficient (Wildman–Crippen LogP) is 5.22. The van der Waals surface area contributed by atoms with E-state index < -0.39 is 0 Å². The number of nitrogens with one attached hydrogen (secondary N) is 1. The van der Waals surface area contributed by atoms with Crippen molar-refractivity contribution in [1.82, 2.24) is 10.3 Å². The van der Waals surface area contributed by atoms with Crippen molar-refractivity contribution in [2.45, 2.75) is 51.5 Å². The Hall–Kier alpha value is -1.39. The summed E-state index contributed by atoms with van der Waals surface area (Å²) in [6, 6.07) is 7.91. The van der Waals surface area contributed by atoms with Gasteiger partial charge in [0.05, 0.1) is 10.7 Å². The maximum absolute atomic E-state index is 12.6. The number of rotatable bonds is 3. The first kappa shape index (κ1) is 16.5. The third-order valence-electron chi connectivity index (χ3n) is 4.30. The molecule has 1 amide bonds. The first-order valence-electron chi connectivity index (χ1n) is 8.18. The Bertz CT molecular complexity index is 690. The average Bonchev–Trinajstić information content (AvgIpc) is 2.75. The fourth-order valence-corrected chi connectivity index (χ4v) is 4.32. The molecule has 23 heavy (non-hydrogen) atoms. The molecule has 1 aromatic carbocycles. The largest absolute Gasteiger partial charge is 0.349 e. The van der Waals surface area contributed by atoms with E-state index in [0.29, 0.717) is 15.9 Å². The van der Waals surface area contributed by atoms with Crippen LogP contribution in [0.4, 0.5) is 0 Å². The van der Waals surface area contributed by atoms with Gasteiger partial charge in [0, 0.05) is 11.6 Å². The molecular formula is C18H21ClN2OS. The summed E-state index contributed by atoms with van der Waals surface area (Å²) >= 11 is 7.66. The van der Waals surface area contributed by atoms with Crippen LogP contribution in [0, 0.1) is 6.92 Å². The van der Waals surface area contributed by atoms with Crippen LogP contribution in [0.1, 0.15) is 53.9 Å². The zero-order valence-corrected chi connectivity index (χ0v) is 14.8. The van der Waals surface area contributed by atoms with Gasteiger partial charge in [-0.1, -0.05) is 55.5 Å². The van der Waals surface area contributed by atoms with Crippen molar-refractivity contribution in [2.24, 2.45) is 0 Å². The standard InChI is InChI=1S/C18H21ClN2OS/c1-12-16(17(22)21-13-8-4-2-3-5-9-13)23-18(20-12)14-10-6-7-11-15(14)19/h6-7,10-11,13H,2-5,8-9H2,1H3,(H,21,22). The summed E-state index contributed by atoms with van der Waals surface area (Å²) in [7, 11) is 0. The molecule has 0 unspecified atom stereocenters. The summed E-state index contributed by atoms with van der Waals surface area (Å²) in [4.78, 5) is 17.8. The van der Waals surface area contributed by atoms with Gasteiger partial charge < -0.3 is 5.32 Å². The van der Waals surface area contributed by atoms with E-state index in [-0.39, 0.29) is 5.91 Å². The van der Waals surface area contributed by atoms with Crippen LogP contribution in [-0.2, 0) is 0 Å². The second kappa shape index (κ2) is 7.45. The maximum Gasteiger partial charge on any atom is 0.263 e. The normalized spacial score (nSPS) is 16.1. The lowest BCUT2D eigenvalue weighted by atomic mass is 10.1. The molecule has 1 saturated carbocycles. The molecule has 0 bridgehead atoms. The van der Waals surface area contributed by atoms with E-state index in [4.69, 9.17) is 11.6 Å². The molecule has 2 aromatic rings. The highest BCUT2D eigenvalue weighted by Gasteiger charge is 2.20. The lowest BCUT2D eigenvalue weighted by molar-refractivity contribution is 0.0936. The van der Waals surface area contributed by atoms with Crippen LogP contribution < -0.4 is 5.32 Å². The molecule has 1 fully saturated rings. The Balaban J connectivity index is 1.78. The molecule has 3 rings (SSSR count). The number of nitrogens with zero attached hydrogens (tertiary/aromatic N) is 1. The van der Waals surface area contributed by atoms with E-state index in [9.17, 15) is 4.79 Å². The van der Waals surface area contributed by atoms with Crippen molar-refractivity contribution in [3.8, 4) is 10.6 Å². The van der Waals surface area contributed by atoms with Crippen molar-refractivity contribution in [3.63, 3.8) is 0 Å². The van der Waals surface area contributed by atoms with E-state index >= 15 is 0 Å². The molecule has 0 aliphatic heterocycles. The molecule has 0 atom stereocenters. The first-order valence-corrected chi connectivity index (χ1v) is 9.38. The van der Waals surface area contributed by atoms with Gasteiger partial charge in [0.2, 0.25) is 0 Å². The molecule has 1 aliphatic carbocycles. The molecule has 122 valence electrons. The molecular weight excluding hydrogens is 328 g/mol. The fraction of sp³-hybridized carbons (Fsp3) is 0.444. The Morgan fingerprint density at radius 3 is 2.61 bits per heavy atom. The number of halogens is 1. The first-order chi connectivity index (χ1) is 11.1. The third-order valence-corrected chi connectivity index (χ3v) is 5.82. The molecule has 0 radical (unpaired) electrons. The van der Waals surface area contributed by atoms with E-state index in [1.165, 1.54) is 37.0 Å². The minimum atomic E-state index is 0.00482. The molecule has 5 heteroatoms. The highest BCUT2D eigenvalue weighted by Crippen LogP contribution is 2.32. The van der Waals surface area contributed by atoms with Crippen molar-refractivity contribution in [2.75, 3.05) is 0 Å². The van der Waals surface area contributed by atoms with Crippen molar-refractivity contribution < 1.29 is 4.79 Å². The van der Waals surface area contributed by atoms with Crippen molar-refractivity contribution >= 4 is 28.8 Å². The van der Waals surface area contributed by atoms with Gasteiger partial charge in [-0.05, 0) is 25.8 Å². The van der Waals surface area contributed by atoms with Crippen LogP contribution in [0.5, 0.6) is 0 Å². The Morgan fingerprint density at radius 2 is 1.91 bits per heavy atom. The topological polar surface area (TPSA) is 42.0 Å². The Labute approximate surface area is 146 Å². The predicted molar refractivity (Wildman–Crippen MR) is 96.3 cm³/mol. The summed E-state index contributed by atoms with van der Waals surface area (Å²) in [5.74, 6) is 0.00482. The lowest BCUT2D eigenvalue weighted by Crippen LogP contribution is -2.34. The maximum atomic E-state index is 12.6. The SMILES string of the molecule is Cc1nc(-c2ccccc2Cl)sc1C(=O)NC1CCCCCC1. The summed E-state index contributed by atoms with van der Waals surface area (Å²) in [5, 5.41) is 4.66. The molecule has 0 saturated heterocycles. The zero-order valence-electron chi connectivity index (χ0n) is 13.3. The number of carbonyl (C=O) groups is 1. The smallest absolute Gasteiger partial charge is 0.263 e. The summed E-state index contributed by atoms with van der Waals surface area (Å²) < 4.78 is 0. The highest BCUT2D eigenvalue weighted by atomic mass is 35.5. The van der Waals surface area contributed by atoms with Crippen LogP contribution in [0.25, 0.3) is 10.6 Å². The molecule has 1 aliphatic rings. The van der Waals surface area contributed by atoms with Gasteiger partial charge >= 0.3 is 0 Å². The van der Waals surface area contributed by atoms with E-state index in [1.54, 1.807) is 0 Å². The molecule has 1 N–H and O–H groups in total. The van der Waals surface area contributed by atoms with Gasteiger partial charge in [-0.15, -0.1) is 11.3 Å². The molecule has 3 nitrogen and oxygen atoms in total. The van der Waals surface area contributed by atoms with Crippen LogP contribution in [0.3, 0.4) is 0 Å². The Morgan fingerprint density at radius 1 is 1.22 bits per heavy atom. The van der Waals surface area contributed by atoms with Gasteiger partial charge in [0.15, 0.2) is 0 Å². The Kier molecular flexibility index (Phi) is 5.34. The second-order valence-electron chi connectivity index (χ2n) is 6.08. The number of aryl methyl sites for hydroxylation is 1. The molecule has 0 spiro atoms. The number of carbonyl (C=O) groups excluding carboxylic acids is 1. The van der Waals surface area contributed by atoms with Crippen LogP contribution in [0.2, 0.25) is 5.02 Å². The van der Waals surface area contributed by atoms with Crippen LogP contribution in [-0.4, -0.2) is 16.9 Å². The summed E-state index contributed by atoms with van der Waals surface area (Å²) in [6.07, 6.45) is 7.14. The van der Waals surface area contributed by atoms with Crippen molar-refractivity contribution in [1.29, 1.82) is 0 Å². The number of hydrogen-bond acceptors (Lipinski definition) is 3. The number of thiazole rings is 1. The minimum absolute atomic E-state index is 0.00482. The average molecular weight is 349 g/mol. The second-order valence-corrected chi connectivity index (χ2v) is 7.48. The van der Waals surface area contributed by atoms with E-state index in [0.717, 1.165) is 29.1 Å². The fourth-order valence-electron chi connectivity index (χ4n) is 3.03. The monoisotopic (exact) mass is 348 g/mol. The number of benzene rings is 1. The minimum Gasteiger partial charge on any atom is -0.349 e. The molecule has 1 aromatic heterocycles. The number of amides is 1. The van der Waals surface area contributed by atoms with Crippen LogP contribution in [0.15, 0.2) is 24.3 Å². The van der Waals surface area contributed by atoms with Crippen LogP contribution >= 0.6 is 22.9 Å². The zero-order chi connectivity index (χ0) is 16.2. The van der Waals surface area contributed by atoms with Gasteiger partial charge in [-0.2, -0.15) is 0 Å². The molecule has 1 heterocycles.